The van der Waals surface area contributed by atoms with Crippen LogP contribution in [-0.4, -0.2) is 39.7 Å². The van der Waals surface area contributed by atoms with Crippen LogP contribution < -0.4 is 19.8 Å². The molecule has 11 heteroatoms. The number of thiazole rings is 1. The topological polar surface area (TPSA) is 129 Å². The third-order valence-corrected chi connectivity index (χ3v) is 9.28. The van der Waals surface area contributed by atoms with Crippen molar-refractivity contribution in [1.82, 2.24) is 4.98 Å². The number of phenolic OH excluding ortho intramolecular Hbond substituents is 1. The van der Waals surface area contributed by atoms with E-state index in [1.807, 2.05) is 19.1 Å². The quantitative estimate of drug-likeness (QED) is 0.232. The summed E-state index contributed by atoms with van der Waals surface area (Å²) in [6, 6.07) is 20.4. The van der Waals surface area contributed by atoms with Gasteiger partial charge in [0, 0.05) is 16.5 Å². The van der Waals surface area contributed by atoms with Gasteiger partial charge in [0.05, 0.1) is 16.6 Å². The number of aryl methyl sites for hydroxylation is 1. The summed E-state index contributed by atoms with van der Waals surface area (Å²) < 4.78 is 5.64. The molecule has 0 radical (unpaired) electrons. The van der Waals surface area contributed by atoms with Crippen LogP contribution in [0.3, 0.4) is 0 Å². The van der Waals surface area contributed by atoms with Gasteiger partial charge in [0.15, 0.2) is 6.61 Å². The summed E-state index contributed by atoms with van der Waals surface area (Å²) in [7, 11) is 0. The molecule has 6 rings (SSSR count). The standard InChI is InChI=1S/C29H23N3O6S2/c1-15-2-8-18(9-3-15)32-27(35)23-22(24-26(31-29(37)40-24)39-25(23)28(32)36)16-4-12-20(13-5-16)38-14-21(34)30-17-6-10-19(33)11-7-17/h2-13,22-23,25,33H,14H2,1H3,(H,30,34)(H,31,37). The molecule has 3 N–H and O–H groups in total. The Hall–Kier alpha value is -4.35. The van der Waals surface area contributed by atoms with E-state index >= 15 is 0 Å². The first-order chi connectivity index (χ1) is 19.3. The zero-order valence-corrected chi connectivity index (χ0v) is 22.8. The maximum absolute atomic E-state index is 13.8. The maximum Gasteiger partial charge on any atom is 0.305 e. The number of carbonyl (C=O) groups is 3. The molecule has 1 aromatic heterocycles. The number of H-pyrrole nitrogens is 1. The number of fused-ring (bicyclic) bond motifs is 2. The van der Waals surface area contributed by atoms with E-state index in [1.165, 1.54) is 28.8 Å². The Kier molecular flexibility index (Phi) is 6.68. The van der Waals surface area contributed by atoms with E-state index < -0.39 is 17.1 Å². The number of aromatic amines is 1. The lowest BCUT2D eigenvalue weighted by Crippen LogP contribution is -2.32. The van der Waals surface area contributed by atoms with Crippen LogP contribution in [0, 0.1) is 12.8 Å². The van der Waals surface area contributed by atoms with Gasteiger partial charge in [-0.05, 0) is 61.0 Å². The molecular weight excluding hydrogens is 550 g/mol. The van der Waals surface area contributed by atoms with Gasteiger partial charge in [0.2, 0.25) is 11.8 Å². The molecule has 0 bridgehead atoms. The van der Waals surface area contributed by atoms with Crippen molar-refractivity contribution in [2.24, 2.45) is 5.92 Å². The fourth-order valence-electron chi connectivity index (χ4n) is 4.99. The summed E-state index contributed by atoms with van der Waals surface area (Å²) in [5.41, 5.74) is 2.84. The van der Waals surface area contributed by atoms with E-state index in [0.29, 0.717) is 22.2 Å². The second-order valence-electron chi connectivity index (χ2n) is 9.55. The van der Waals surface area contributed by atoms with Crippen molar-refractivity contribution >= 4 is 52.2 Å². The molecular formula is C29H23N3O6S2. The van der Waals surface area contributed by atoms with Crippen LogP contribution in [0.2, 0.25) is 0 Å². The smallest absolute Gasteiger partial charge is 0.305 e. The molecule has 3 amide bonds. The summed E-state index contributed by atoms with van der Waals surface area (Å²) in [5.74, 6) is -1.59. The van der Waals surface area contributed by atoms with Crippen LogP contribution in [0.25, 0.3) is 0 Å². The van der Waals surface area contributed by atoms with Crippen LogP contribution in [0.5, 0.6) is 11.5 Å². The molecule has 3 unspecified atom stereocenters. The third-order valence-electron chi connectivity index (χ3n) is 6.88. The Labute approximate surface area is 236 Å². The molecule has 3 atom stereocenters. The molecule has 9 nitrogen and oxygen atoms in total. The Balaban J connectivity index is 1.24. The number of nitrogens with zero attached hydrogens (tertiary/aromatic N) is 1. The molecule has 2 aliphatic heterocycles. The van der Waals surface area contributed by atoms with Gasteiger partial charge in [0.25, 0.3) is 5.91 Å². The van der Waals surface area contributed by atoms with E-state index in [4.69, 9.17) is 4.74 Å². The van der Waals surface area contributed by atoms with E-state index in [-0.39, 0.29) is 35.0 Å². The first-order valence-corrected chi connectivity index (χ1v) is 14.1. The number of amides is 3. The van der Waals surface area contributed by atoms with Crippen molar-refractivity contribution in [3.05, 3.63) is 98.5 Å². The van der Waals surface area contributed by atoms with Crippen LogP contribution in [-0.2, 0) is 14.4 Å². The van der Waals surface area contributed by atoms with Gasteiger partial charge in [0.1, 0.15) is 16.7 Å². The predicted molar refractivity (Wildman–Crippen MR) is 152 cm³/mol. The highest BCUT2D eigenvalue weighted by atomic mass is 32.2. The van der Waals surface area contributed by atoms with Gasteiger partial charge < -0.3 is 20.1 Å². The lowest BCUT2D eigenvalue weighted by atomic mass is 9.83. The average molecular weight is 574 g/mol. The molecule has 3 heterocycles. The Morgan fingerprint density at radius 2 is 1.68 bits per heavy atom. The molecule has 1 fully saturated rings. The van der Waals surface area contributed by atoms with Gasteiger partial charge in [-0.15, -0.1) is 0 Å². The minimum Gasteiger partial charge on any atom is -0.508 e. The number of ether oxygens (including phenoxy) is 1. The number of aromatic hydroxyl groups is 1. The van der Waals surface area contributed by atoms with Gasteiger partial charge >= 0.3 is 4.87 Å². The number of rotatable bonds is 6. The fraction of sp³-hybridized carbons (Fsp3) is 0.172. The predicted octanol–water partition coefficient (Wildman–Crippen LogP) is 4.26. The highest BCUT2D eigenvalue weighted by Crippen LogP contribution is 2.53. The van der Waals surface area contributed by atoms with Gasteiger partial charge in [-0.25, -0.2) is 4.90 Å². The number of hydrogen-bond donors (Lipinski definition) is 3. The van der Waals surface area contributed by atoms with Crippen molar-refractivity contribution in [2.75, 3.05) is 16.8 Å². The number of thioether (sulfide) groups is 1. The number of hydrogen-bond acceptors (Lipinski definition) is 8. The van der Waals surface area contributed by atoms with Crippen molar-refractivity contribution < 1.29 is 24.2 Å². The number of nitrogens with one attached hydrogen (secondary N) is 2. The van der Waals surface area contributed by atoms with E-state index in [0.717, 1.165) is 27.3 Å². The highest BCUT2D eigenvalue weighted by Gasteiger charge is 2.56. The number of imide groups is 1. The Morgan fingerprint density at radius 3 is 2.38 bits per heavy atom. The largest absolute Gasteiger partial charge is 0.508 e. The molecule has 202 valence electrons. The second kappa shape index (κ2) is 10.3. The van der Waals surface area contributed by atoms with Gasteiger partial charge in [-0.1, -0.05) is 52.9 Å². The van der Waals surface area contributed by atoms with E-state index in [2.05, 4.69) is 10.3 Å². The number of carbonyl (C=O) groups excluding carboxylic acids is 3. The molecule has 2 aliphatic rings. The van der Waals surface area contributed by atoms with Gasteiger partial charge in [-0.3, -0.25) is 19.2 Å². The first-order valence-electron chi connectivity index (χ1n) is 12.4. The minimum absolute atomic E-state index is 0.0998. The number of phenols is 1. The molecule has 0 aliphatic carbocycles. The second-order valence-corrected chi connectivity index (χ2v) is 11.7. The van der Waals surface area contributed by atoms with Crippen molar-refractivity contribution in [3.63, 3.8) is 0 Å². The maximum atomic E-state index is 13.8. The third kappa shape index (κ3) is 4.78. The van der Waals surface area contributed by atoms with Crippen LogP contribution in [0.15, 0.2) is 82.6 Å². The molecule has 0 saturated carbocycles. The van der Waals surface area contributed by atoms with Crippen molar-refractivity contribution in [1.29, 1.82) is 0 Å². The lowest BCUT2D eigenvalue weighted by molar-refractivity contribution is -0.122. The zero-order valence-electron chi connectivity index (χ0n) is 21.1. The number of benzene rings is 3. The van der Waals surface area contributed by atoms with Crippen LogP contribution in [0.4, 0.5) is 11.4 Å². The zero-order chi connectivity index (χ0) is 28.0. The normalized spacial score (nSPS) is 19.7. The Bertz CT molecular complexity index is 1660. The monoisotopic (exact) mass is 573 g/mol. The summed E-state index contributed by atoms with van der Waals surface area (Å²) in [4.78, 5) is 56.4. The summed E-state index contributed by atoms with van der Waals surface area (Å²) in [6.45, 7) is 1.71. The van der Waals surface area contributed by atoms with Crippen molar-refractivity contribution in [3.8, 4) is 11.5 Å². The fourth-order valence-corrected chi connectivity index (χ4v) is 7.50. The molecule has 4 aromatic rings. The molecule has 0 spiro atoms. The van der Waals surface area contributed by atoms with Crippen LogP contribution >= 0.6 is 23.1 Å². The average Bonchev–Trinajstić information content (AvgIpc) is 3.44. The van der Waals surface area contributed by atoms with E-state index in [9.17, 15) is 24.3 Å². The Morgan fingerprint density at radius 1 is 0.975 bits per heavy atom. The summed E-state index contributed by atoms with van der Waals surface area (Å²) >= 11 is 2.29. The minimum atomic E-state index is -0.680. The first kappa shape index (κ1) is 25.9. The lowest BCUT2D eigenvalue weighted by Gasteiger charge is -2.29. The SMILES string of the molecule is Cc1ccc(N2C(=O)C3Sc4[nH]c(=O)sc4C(c4ccc(OCC(=O)Nc5ccc(O)cc5)cc4)C3C2=O)cc1. The number of anilines is 2. The van der Waals surface area contributed by atoms with Crippen LogP contribution in [0.1, 0.15) is 21.9 Å². The van der Waals surface area contributed by atoms with Crippen molar-refractivity contribution in [2.45, 2.75) is 23.1 Å². The summed E-state index contributed by atoms with van der Waals surface area (Å²) in [6.07, 6.45) is 0. The molecule has 3 aromatic carbocycles. The number of aromatic nitrogens is 1. The molecule has 40 heavy (non-hydrogen) atoms. The molecule has 1 saturated heterocycles. The van der Waals surface area contributed by atoms with E-state index in [1.54, 1.807) is 48.5 Å². The highest BCUT2D eigenvalue weighted by molar-refractivity contribution is 8.00. The summed E-state index contributed by atoms with van der Waals surface area (Å²) in [5, 5.41) is 12.0. The van der Waals surface area contributed by atoms with Gasteiger partial charge in [-0.2, -0.15) is 0 Å².